The molecule has 0 radical (unpaired) electrons. The second-order valence-corrected chi connectivity index (χ2v) is 5.68. The molecule has 1 rings (SSSR count). The quantitative estimate of drug-likeness (QED) is 0.695. The minimum Gasteiger partial charge on any atom is -0.377 e. The van der Waals surface area contributed by atoms with Crippen molar-refractivity contribution in [2.75, 3.05) is 32.6 Å². The number of thioether (sulfide) groups is 1. The predicted octanol–water partition coefficient (Wildman–Crippen LogP) is 2.84. The molecular formula is C13H25NOS. The molecule has 0 atom stereocenters. The van der Waals surface area contributed by atoms with E-state index in [1.807, 2.05) is 11.8 Å². The molecule has 3 heteroatoms. The van der Waals surface area contributed by atoms with Crippen molar-refractivity contribution in [2.24, 2.45) is 0 Å². The molecule has 0 amide bonds. The maximum atomic E-state index is 5.43. The number of hydrogen-bond donors (Lipinski definition) is 1. The van der Waals surface area contributed by atoms with Crippen LogP contribution in [0.2, 0.25) is 0 Å². The van der Waals surface area contributed by atoms with Gasteiger partial charge in [0.25, 0.3) is 0 Å². The lowest BCUT2D eigenvalue weighted by Crippen LogP contribution is -2.37. The minimum absolute atomic E-state index is 0.413. The van der Waals surface area contributed by atoms with E-state index in [-0.39, 0.29) is 0 Å². The zero-order valence-corrected chi connectivity index (χ0v) is 11.7. The van der Waals surface area contributed by atoms with Crippen molar-refractivity contribution in [3.05, 3.63) is 11.6 Å². The Kier molecular flexibility index (Phi) is 6.47. The topological polar surface area (TPSA) is 21.3 Å². The van der Waals surface area contributed by atoms with E-state index in [0.29, 0.717) is 4.75 Å². The molecule has 0 aromatic carbocycles. The molecule has 0 unspecified atom stereocenters. The standard InChI is InChI=1S/C13H25NOS/c1-4-13(5-2,16-3)11-14-9-12-7-6-8-15-10-12/h7,14H,4-6,8-11H2,1-3H3. The van der Waals surface area contributed by atoms with Gasteiger partial charge in [0.2, 0.25) is 0 Å². The van der Waals surface area contributed by atoms with Gasteiger partial charge in [0, 0.05) is 17.8 Å². The van der Waals surface area contributed by atoms with Crippen LogP contribution in [0.25, 0.3) is 0 Å². The molecule has 0 aliphatic carbocycles. The zero-order chi connectivity index (χ0) is 11.9. The van der Waals surface area contributed by atoms with Crippen molar-refractivity contribution in [3.63, 3.8) is 0 Å². The van der Waals surface area contributed by atoms with Crippen LogP contribution in [0.5, 0.6) is 0 Å². The summed E-state index contributed by atoms with van der Waals surface area (Å²) < 4.78 is 5.84. The van der Waals surface area contributed by atoms with Crippen LogP contribution in [0.15, 0.2) is 11.6 Å². The maximum Gasteiger partial charge on any atom is 0.0689 e. The van der Waals surface area contributed by atoms with Crippen LogP contribution < -0.4 is 5.32 Å². The summed E-state index contributed by atoms with van der Waals surface area (Å²) in [5.74, 6) is 0. The van der Waals surface area contributed by atoms with Crippen molar-refractivity contribution < 1.29 is 4.74 Å². The summed E-state index contributed by atoms with van der Waals surface area (Å²) in [6.45, 7) is 8.36. The maximum absolute atomic E-state index is 5.43. The minimum atomic E-state index is 0.413. The SMILES string of the molecule is CCC(CC)(CNCC1=CCCOC1)SC. The van der Waals surface area contributed by atoms with E-state index < -0.39 is 0 Å². The Balaban J connectivity index is 2.29. The molecule has 0 fully saturated rings. The van der Waals surface area contributed by atoms with Gasteiger partial charge in [-0.25, -0.2) is 0 Å². The van der Waals surface area contributed by atoms with Gasteiger partial charge in [-0.05, 0) is 31.1 Å². The number of rotatable bonds is 7. The Hall–Kier alpha value is 0.01000. The molecule has 0 saturated heterocycles. The molecule has 1 heterocycles. The van der Waals surface area contributed by atoms with Crippen molar-refractivity contribution in [1.82, 2.24) is 5.32 Å². The Bertz CT molecular complexity index is 216. The van der Waals surface area contributed by atoms with Crippen molar-refractivity contribution in [3.8, 4) is 0 Å². The smallest absolute Gasteiger partial charge is 0.0689 e. The third-order valence-electron chi connectivity index (χ3n) is 3.50. The molecule has 0 aromatic heterocycles. The molecule has 94 valence electrons. The Morgan fingerprint density at radius 2 is 2.19 bits per heavy atom. The Labute approximate surface area is 104 Å². The molecule has 1 aliphatic heterocycles. The summed E-state index contributed by atoms with van der Waals surface area (Å²) in [4.78, 5) is 0. The fourth-order valence-electron chi connectivity index (χ4n) is 2.04. The molecule has 0 bridgehead atoms. The van der Waals surface area contributed by atoms with Crippen LogP contribution in [0.3, 0.4) is 0 Å². The first kappa shape index (κ1) is 14.1. The highest BCUT2D eigenvalue weighted by Crippen LogP contribution is 2.29. The second-order valence-electron chi connectivity index (χ2n) is 4.40. The first-order chi connectivity index (χ1) is 7.76. The van der Waals surface area contributed by atoms with Gasteiger partial charge in [-0.15, -0.1) is 0 Å². The molecular weight excluding hydrogens is 218 g/mol. The van der Waals surface area contributed by atoms with Gasteiger partial charge < -0.3 is 10.1 Å². The van der Waals surface area contributed by atoms with E-state index in [2.05, 4.69) is 31.5 Å². The summed E-state index contributed by atoms with van der Waals surface area (Å²) in [7, 11) is 0. The first-order valence-electron chi connectivity index (χ1n) is 6.28. The summed E-state index contributed by atoms with van der Waals surface area (Å²) in [5, 5.41) is 3.58. The monoisotopic (exact) mass is 243 g/mol. The highest BCUT2D eigenvalue weighted by Gasteiger charge is 2.24. The molecule has 0 saturated carbocycles. The van der Waals surface area contributed by atoms with Crippen molar-refractivity contribution in [1.29, 1.82) is 0 Å². The summed E-state index contributed by atoms with van der Waals surface area (Å²) in [5.41, 5.74) is 1.41. The normalized spacial score (nSPS) is 17.3. The van der Waals surface area contributed by atoms with E-state index in [0.717, 1.165) is 32.7 Å². The van der Waals surface area contributed by atoms with Crippen LogP contribution in [-0.2, 0) is 4.74 Å². The van der Waals surface area contributed by atoms with Crippen molar-refractivity contribution in [2.45, 2.75) is 37.9 Å². The number of nitrogens with one attached hydrogen (secondary N) is 1. The van der Waals surface area contributed by atoms with Gasteiger partial charge in [0.15, 0.2) is 0 Å². The lowest BCUT2D eigenvalue weighted by atomic mass is 10.0. The fourth-order valence-corrected chi connectivity index (χ4v) is 2.87. The summed E-state index contributed by atoms with van der Waals surface area (Å²) >= 11 is 1.99. The van der Waals surface area contributed by atoms with Gasteiger partial charge in [0.05, 0.1) is 13.2 Å². The summed E-state index contributed by atoms with van der Waals surface area (Å²) in [6.07, 6.45) is 8.07. The number of ether oxygens (including phenoxy) is 1. The summed E-state index contributed by atoms with van der Waals surface area (Å²) in [6, 6.07) is 0. The highest BCUT2D eigenvalue weighted by atomic mass is 32.2. The van der Waals surface area contributed by atoms with Crippen LogP contribution in [0.1, 0.15) is 33.1 Å². The first-order valence-corrected chi connectivity index (χ1v) is 7.50. The third kappa shape index (κ3) is 4.11. The van der Waals surface area contributed by atoms with Crippen LogP contribution in [-0.4, -0.2) is 37.3 Å². The van der Waals surface area contributed by atoms with Gasteiger partial charge >= 0.3 is 0 Å². The zero-order valence-electron chi connectivity index (χ0n) is 10.8. The predicted molar refractivity (Wildman–Crippen MR) is 73.2 cm³/mol. The highest BCUT2D eigenvalue weighted by molar-refractivity contribution is 8.00. The van der Waals surface area contributed by atoms with Crippen LogP contribution >= 0.6 is 11.8 Å². The lowest BCUT2D eigenvalue weighted by Gasteiger charge is -2.30. The van der Waals surface area contributed by atoms with Crippen molar-refractivity contribution >= 4 is 11.8 Å². The molecule has 0 spiro atoms. The van der Waals surface area contributed by atoms with Gasteiger partial charge in [-0.2, -0.15) is 11.8 Å². The van der Waals surface area contributed by atoms with E-state index >= 15 is 0 Å². The molecule has 0 aromatic rings. The average Bonchev–Trinajstić information content (AvgIpc) is 2.37. The molecule has 1 aliphatic rings. The van der Waals surface area contributed by atoms with E-state index in [9.17, 15) is 0 Å². The number of hydrogen-bond acceptors (Lipinski definition) is 3. The Morgan fingerprint density at radius 3 is 2.69 bits per heavy atom. The fraction of sp³-hybridized carbons (Fsp3) is 0.846. The Morgan fingerprint density at radius 1 is 1.44 bits per heavy atom. The largest absolute Gasteiger partial charge is 0.377 e. The van der Waals surface area contributed by atoms with Crippen LogP contribution in [0.4, 0.5) is 0 Å². The third-order valence-corrected chi connectivity index (χ3v) is 5.09. The average molecular weight is 243 g/mol. The van der Waals surface area contributed by atoms with Gasteiger partial charge in [-0.3, -0.25) is 0 Å². The molecule has 1 N–H and O–H groups in total. The van der Waals surface area contributed by atoms with Gasteiger partial charge in [-0.1, -0.05) is 19.9 Å². The van der Waals surface area contributed by atoms with E-state index in [4.69, 9.17) is 4.74 Å². The molecule has 2 nitrogen and oxygen atoms in total. The van der Waals surface area contributed by atoms with Crippen LogP contribution in [0, 0.1) is 0 Å². The van der Waals surface area contributed by atoms with E-state index in [1.165, 1.54) is 18.4 Å². The second kappa shape index (κ2) is 7.36. The van der Waals surface area contributed by atoms with Gasteiger partial charge in [0.1, 0.15) is 0 Å². The lowest BCUT2D eigenvalue weighted by molar-refractivity contribution is 0.148. The van der Waals surface area contributed by atoms with E-state index in [1.54, 1.807) is 0 Å². The molecule has 16 heavy (non-hydrogen) atoms.